The van der Waals surface area contributed by atoms with Crippen molar-refractivity contribution in [3.05, 3.63) is 75.2 Å². The molecule has 0 aliphatic heterocycles. The highest BCUT2D eigenvalue weighted by Crippen LogP contribution is 2.23. The van der Waals surface area contributed by atoms with Crippen LogP contribution in [0.3, 0.4) is 0 Å². The van der Waals surface area contributed by atoms with E-state index in [1.54, 1.807) is 36.4 Å². The number of carbonyl (C=O) groups is 2. The third kappa shape index (κ3) is 4.34. The van der Waals surface area contributed by atoms with Crippen LogP contribution < -0.4 is 10.6 Å². The number of rotatable bonds is 5. The van der Waals surface area contributed by atoms with Crippen molar-refractivity contribution in [3.63, 3.8) is 0 Å². The quantitative estimate of drug-likeness (QED) is 0.638. The fourth-order valence-corrected chi connectivity index (χ4v) is 3.09. The normalized spacial score (nSPS) is 10.5. The first kappa shape index (κ1) is 17.4. The molecule has 1 aromatic carbocycles. The van der Waals surface area contributed by atoms with Gasteiger partial charge in [0.25, 0.3) is 11.8 Å². The zero-order valence-corrected chi connectivity index (χ0v) is 15.1. The van der Waals surface area contributed by atoms with E-state index >= 15 is 0 Å². The predicted octanol–water partition coefficient (Wildman–Crippen LogP) is 4.43. The first-order valence-electron chi connectivity index (χ1n) is 7.20. The molecular weight excluding hydrogens is 411 g/mol. The highest BCUT2D eigenvalue weighted by molar-refractivity contribution is 9.10. The summed E-state index contributed by atoms with van der Waals surface area (Å²) in [4.78, 5) is 24.5. The molecule has 0 unspecified atom stereocenters. The summed E-state index contributed by atoms with van der Waals surface area (Å²) in [6, 6.07) is 11.1. The molecular formula is C17H12BrFN2O3S. The Morgan fingerprint density at radius 3 is 2.72 bits per heavy atom. The van der Waals surface area contributed by atoms with E-state index in [1.807, 2.05) is 0 Å². The Morgan fingerprint density at radius 2 is 2.00 bits per heavy atom. The largest absolute Gasteiger partial charge is 0.459 e. The lowest BCUT2D eigenvalue weighted by molar-refractivity contribution is 0.0953. The van der Waals surface area contributed by atoms with E-state index < -0.39 is 0 Å². The van der Waals surface area contributed by atoms with Crippen molar-refractivity contribution in [2.75, 3.05) is 5.32 Å². The third-order valence-corrected chi connectivity index (χ3v) is 4.89. The van der Waals surface area contributed by atoms with Gasteiger partial charge in [-0.1, -0.05) is 6.07 Å². The molecule has 2 amide bonds. The molecule has 0 atom stereocenters. The van der Waals surface area contributed by atoms with Crippen LogP contribution in [0.1, 0.15) is 25.8 Å². The van der Waals surface area contributed by atoms with Crippen molar-refractivity contribution in [2.45, 2.75) is 6.54 Å². The average Bonchev–Trinajstić information content (AvgIpc) is 3.27. The molecule has 0 saturated heterocycles. The molecule has 0 radical (unpaired) electrons. The fraction of sp³-hybridized carbons (Fsp3) is 0.0588. The summed E-state index contributed by atoms with van der Waals surface area (Å²) < 4.78 is 18.8. The summed E-state index contributed by atoms with van der Waals surface area (Å²) >= 11 is 4.22. The van der Waals surface area contributed by atoms with Gasteiger partial charge in [0, 0.05) is 6.54 Å². The van der Waals surface area contributed by atoms with Gasteiger partial charge in [-0.15, -0.1) is 11.3 Å². The van der Waals surface area contributed by atoms with E-state index in [9.17, 15) is 14.0 Å². The SMILES string of the molecule is O=C(Nc1ccc(C(=O)NCc2ccc(Br)c(F)c2)s1)c1ccco1. The van der Waals surface area contributed by atoms with E-state index in [4.69, 9.17) is 4.42 Å². The van der Waals surface area contributed by atoms with Crippen LogP contribution in [0.4, 0.5) is 9.39 Å². The van der Waals surface area contributed by atoms with Crippen LogP contribution in [0.25, 0.3) is 0 Å². The van der Waals surface area contributed by atoms with E-state index in [0.717, 1.165) is 11.3 Å². The molecule has 2 heterocycles. The first-order chi connectivity index (χ1) is 12.0. The molecule has 25 heavy (non-hydrogen) atoms. The Morgan fingerprint density at radius 1 is 1.16 bits per heavy atom. The van der Waals surface area contributed by atoms with Crippen molar-refractivity contribution < 1.29 is 18.4 Å². The topological polar surface area (TPSA) is 71.3 Å². The van der Waals surface area contributed by atoms with E-state index in [2.05, 4.69) is 26.6 Å². The van der Waals surface area contributed by atoms with Crippen LogP contribution in [0.5, 0.6) is 0 Å². The number of hydrogen-bond donors (Lipinski definition) is 2. The van der Waals surface area contributed by atoms with Gasteiger partial charge >= 0.3 is 0 Å². The first-order valence-corrected chi connectivity index (χ1v) is 8.80. The summed E-state index contributed by atoms with van der Waals surface area (Å²) in [5.41, 5.74) is 0.650. The van der Waals surface area contributed by atoms with Crippen molar-refractivity contribution in [1.29, 1.82) is 0 Å². The van der Waals surface area contributed by atoms with Gasteiger partial charge in [-0.3, -0.25) is 9.59 Å². The summed E-state index contributed by atoms with van der Waals surface area (Å²) in [5.74, 6) is -0.876. The average molecular weight is 423 g/mol. The zero-order valence-electron chi connectivity index (χ0n) is 12.7. The minimum atomic E-state index is -0.385. The second kappa shape index (κ2) is 7.62. The van der Waals surface area contributed by atoms with E-state index in [0.29, 0.717) is 19.9 Å². The van der Waals surface area contributed by atoms with Crippen LogP contribution >= 0.6 is 27.3 Å². The molecule has 3 aromatic rings. The second-order valence-electron chi connectivity index (χ2n) is 5.03. The van der Waals surface area contributed by atoms with Crippen LogP contribution in [-0.4, -0.2) is 11.8 Å². The molecule has 2 N–H and O–H groups in total. The van der Waals surface area contributed by atoms with Gasteiger partial charge in [-0.2, -0.15) is 0 Å². The molecule has 0 spiro atoms. The van der Waals surface area contributed by atoms with Crippen LogP contribution in [0.15, 0.2) is 57.6 Å². The number of halogens is 2. The maximum Gasteiger partial charge on any atom is 0.291 e. The molecule has 0 aliphatic rings. The lowest BCUT2D eigenvalue weighted by Gasteiger charge is -2.05. The van der Waals surface area contributed by atoms with Gasteiger partial charge < -0.3 is 15.1 Å². The molecule has 2 aromatic heterocycles. The maximum absolute atomic E-state index is 13.5. The van der Waals surface area contributed by atoms with Gasteiger partial charge in [0.15, 0.2) is 5.76 Å². The molecule has 0 saturated carbocycles. The van der Waals surface area contributed by atoms with Gasteiger partial charge in [0.05, 0.1) is 20.6 Å². The number of nitrogens with one attached hydrogen (secondary N) is 2. The summed E-state index contributed by atoms with van der Waals surface area (Å²) in [6.45, 7) is 0.203. The minimum Gasteiger partial charge on any atom is -0.459 e. The molecule has 0 fully saturated rings. The lowest BCUT2D eigenvalue weighted by Crippen LogP contribution is -2.21. The molecule has 128 valence electrons. The highest BCUT2D eigenvalue weighted by atomic mass is 79.9. The third-order valence-electron chi connectivity index (χ3n) is 3.25. The monoisotopic (exact) mass is 422 g/mol. The maximum atomic E-state index is 13.5. The lowest BCUT2D eigenvalue weighted by atomic mass is 10.2. The Bertz CT molecular complexity index is 909. The van der Waals surface area contributed by atoms with E-state index in [-0.39, 0.29) is 29.9 Å². The number of benzene rings is 1. The number of amides is 2. The Kier molecular flexibility index (Phi) is 5.30. The standard InChI is InChI=1S/C17H12BrFN2O3S/c18-11-4-3-10(8-12(11)19)9-20-17(23)14-5-6-15(25-14)21-16(22)13-2-1-7-24-13/h1-8H,9H2,(H,20,23)(H,21,22). The fourth-order valence-electron chi connectivity index (χ4n) is 2.03. The number of carbonyl (C=O) groups excluding carboxylic acids is 2. The Labute approximate surface area is 155 Å². The van der Waals surface area contributed by atoms with Gasteiger partial charge in [-0.25, -0.2) is 4.39 Å². The van der Waals surface area contributed by atoms with E-state index in [1.165, 1.54) is 12.3 Å². The molecule has 5 nitrogen and oxygen atoms in total. The minimum absolute atomic E-state index is 0.191. The summed E-state index contributed by atoms with van der Waals surface area (Å²) in [6.07, 6.45) is 1.41. The van der Waals surface area contributed by atoms with Crippen molar-refractivity contribution in [3.8, 4) is 0 Å². The summed E-state index contributed by atoms with van der Waals surface area (Å²) in [5, 5.41) is 5.90. The smallest absolute Gasteiger partial charge is 0.291 e. The van der Waals surface area contributed by atoms with Crippen LogP contribution in [-0.2, 0) is 6.54 Å². The van der Waals surface area contributed by atoms with Gasteiger partial charge in [-0.05, 0) is 57.9 Å². The summed E-state index contributed by atoms with van der Waals surface area (Å²) in [7, 11) is 0. The predicted molar refractivity (Wildman–Crippen MR) is 96.3 cm³/mol. The van der Waals surface area contributed by atoms with Gasteiger partial charge in [0.1, 0.15) is 5.82 Å². The van der Waals surface area contributed by atoms with Gasteiger partial charge in [0.2, 0.25) is 0 Å². The number of hydrogen-bond acceptors (Lipinski definition) is 4. The molecule has 0 aliphatic carbocycles. The molecule has 3 rings (SSSR count). The Hall–Kier alpha value is -2.45. The zero-order chi connectivity index (χ0) is 17.8. The molecule has 8 heteroatoms. The van der Waals surface area contributed by atoms with Crippen molar-refractivity contribution >= 4 is 44.1 Å². The number of thiophene rings is 1. The molecule has 0 bridgehead atoms. The van der Waals surface area contributed by atoms with Crippen LogP contribution in [0, 0.1) is 5.82 Å². The van der Waals surface area contributed by atoms with Crippen LogP contribution in [0.2, 0.25) is 0 Å². The second-order valence-corrected chi connectivity index (χ2v) is 6.96. The number of furan rings is 1. The Balaban J connectivity index is 1.58. The number of anilines is 1. The van der Waals surface area contributed by atoms with Crippen molar-refractivity contribution in [1.82, 2.24) is 5.32 Å². The van der Waals surface area contributed by atoms with Crippen molar-refractivity contribution in [2.24, 2.45) is 0 Å². The highest BCUT2D eigenvalue weighted by Gasteiger charge is 2.13.